The molecule has 2 aromatic carbocycles. The molecule has 10 heteroatoms. The van der Waals surface area contributed by atoms with Crippen LogP contribution in [0.1, 0.15) is 37.3 Å². The highest BCUT2D eigenvalue weighted by Gasteiger charge is 2.23. The van der Waals surface area contributed by atoms with E-state index in [-0.39, 0.29) is 25.5 Å². The number of esters is 1. The van der Waals surface area contributed by atoms with Crippen molar-refractivity contribution in [3.05, 3.63) is 65.7 Å². The summed E-state index contributed by atoms with van der Waals surface area (Å²) in [5.74, 6) is 0.539. The molecule has 198 valence electrons. The van der Waals surface area contributed by atoms with Crippen molar-refractivity contribution in [2.45, 2.75) is 45.3 Å². The van der Waals surface area contributed by atoms with Crippen molar-refractivity contribution in [1.29, 1.82) is 0 Å². The second-order valence-corrected chi connectivity index (χ2v) is 8.37. The monoisotopic (exact) mass is 510 g/mol. The molecule has 0 spiro atoms. The lowest BCUT2D eigenvalue weighted by molar-refractivity contribution is -0.145. The van der Waals surface area contributed by atoms with Crippen LogP contribution < -0.4 is 20.7 Å². The van der Waals surface area contributed by atoms with Gasteiger partial charge in [-0.15, -0.1) is 0 Å². The molecule has 37 heavy (non-hydrogen) atoms. The Kier molecular flexibility index (Phi) is 11.2. The minimum absolute atomic E-state index is 0.0988. The lowest BCUT2D eigenvalue weighted by Gasteiger charge is -2.17. The van der Waals surface area contributed by atoms with Crippen molar-refractivity contribution in [2.75, 3.05) is 26.3 Å². The van der Waals surface area contributed by atoms with E-state index < -0.39 is 18.1 Å². The van der Waals surface area contributed by atoms with E-state index in [9.17, 15) is 14.4 Å². The fraction of sp³-hybridized carbons (Fsp3) is 0.407. The number of amides is 2. The van der Waals surface area contributed by atoms with E-state index >= 15 is 0 Å². The van der Waals surface area contributed by atoms with Gasteiger partial charge in [0.2, 0.25) is 5.91 Å². The van der Waals surface area contributed by atoms with Crippen LogP contribution in [0.2, 0.25) is 0 Å². The van der Waals surface area contributed by atoms with Gasteiger partial charge in [-0.25, -0.2) is 9.59 Å². The fourth-order valence-electron chi connectivity index (χ4n) is 3.53. The molecule has 0 radical (unpaired) electrons. The average Bonchev–Trinajstić information content (AvgIpc) is 2.92. The number of carbonyl (C=O) groups is 3. The molecule has 1 aliphatic rings. The standard InChI is InChI=1S/C27H34N4O6/c1-2-35-25(33)23(30-27(34)37-19-21-8-4-3-5-9-21)18-20-11-13-22(14-12-20)36-17-6-10-24(32)31-26-28-15-7-16-29-26/h3-5,8-9,11-14,23H,2,6-7,10,15-19H2,1H3,(H,30,34)(H2,28,29,31,32)/t23-/m0/s1. The molecule has 1 aliphatic heterocycles. The van der Waals surface area contributed by atoms with Gasteiger partial charge in [0.15, 0.2) is 5.96 Å². The fourth-order valence-corrected chi connectivity index (χ4v) is 3.53. The summed E-state index contributed by atoms with van der Waals surface area (Å²) in [4.78, 5) is 40.9. The zero-order chi connectivity index (χ0) is 26.3. The van der Waals surface area contributed by atoms with E-state index in [1.807, 2.05) is 42.5 Å². The van der Waals surface area contributed by atoms with Crippen molar-refractivity contribution in [2.24, 2.45) is 4.99 Å². The zero-order valence-corrected chi connectivity index (χ0v) is 21.0. The largest absolute Gasteiger partial charge is 0.494 e. The summed E-state index contributed by atoms with van der Waals surface area (Å²) in [7, 11) is 0. The van der Waals surface area contributed by atoms with Crippen LogP contribution >= 0.6 is 0 Å². The summed E-state index contributed by atoms with van der Waals surface area (Å²) in [6, 6.07) is 15.6. The van der Waals surface area contributed by atoms with E-state index in [0.717, 1.165) is 30.6 Å². The van der Waals surface area contributed by atoms with Crippen LogP contribution in [0.3, 0.4) is 0 Å². The van der Waals surface area contributed by atoms with Gasteiger partial charge in [-0.3, -0.25) is 15.1 Å². The predicted octanol–water partition coefficient (Wildman–Crippen LogP) is 2.71. The first-order valence-corrected chi connectivity index (χ1v) is 12.5. The molecule has 0 saturated carbocycles. The van der Waals surface area contributed by atoms with Crippen molar-refractivity contribution in [1.82, 2.24) is 16.0 Å². The van der Waals surface area contributed by atoms with Crippen molar-refractivity contribution >= 4 is 23.9 Å². The molecule has 0 saturated heterocycles. The molecule has 0 aromatic heterocycles. The van der Waals surface area contributed by atoms with Crippen LogP contribution in [0, 0.1) is 0 Å². The van der Waals surface area contributed by atoms with Gasteiger partial charge in [-0.2, -0.15) is 0 Å². The van der Waals surface area contributed by atoms with E-state index in [0.29, 0.717) is 31.2 Å². The first kappa shape index (κ1) is 27.5. The number of nitrogens with one attached hydrogen (secondary N) is 3. The lowest BCUT2D eigenvalue weighted by atomic mass is 10.1. The number of rotatable bonds is 12. The molecule has 0 fully saturated rings. The minimum atomic E-state index is -0.892. The molecule has 0 aliphatic carbocycles. The van der Waals surface area contributed by atoms with Crippen LogP contribution in [-0.4, -0.2) is 56.3 Å². The molecule has 1 atom stereocenters. The smallest absolute Gasteiger partial charge is 0.408 e. The highest BCUT2D eigenvalue weighted by molar-refractivity contribution is 5.97. The second-order valence-electron chi connectivity index (χ2n) is 8.37. The van der Waals surface area contributed by atoms with Gasteiger partial charge in [-0.05, 0) is 43.0 Å². The summed E-state index contributed by atoms with van der Waals surface area (Å²) in [5, 5.41) is 8.41. The average molecular weight is 511 g/mol. The Morgan fingerprint density at radius 3 is 2.51 bits per heavy atom. The minimum Gasteiger partial charge on any atom is -0.494 e. The molecule has 2 amide bonds. The van der Waals surface area contributed by atoms with Crippen molar-refractivity contribution in [3.8, 4) is 5.75 Å². The molecule has 0 unspecified atom stereocenters. The first-order valence-electron chi connectivity index (χ1n) is 12.5. The summed E-state index contributed by atoms with van der Waals surface area (Å²) < 4.78 is 16.1. The summed E-state index contributed by atoms with van der Waals surface area (Å²) in [6.45, 7) is 3.92. The Bertz CT molecular complexity index is 1040. The number of guanidine groups is 1. The number of alkyl carbamates (subject to hydrolysis) is 1. The van der Waals surface area contributed by atoms with Crippen LogP contribution in [-0.2, 0) is 32.1 Å². The van der Waals surface area contributed by atoms with E-state index in [1.165, 1.54) is 0 Å². The number of carbonyl (C=O) groups excluding carboxylic acids is 3. The highest BCUT2D eigenvalue weighted by atomic mass is 16.6. The van der Waals surface area contributed by atoms with E-state index in [1.54, 1.807) is 19.1 Å². The number of hydrogen-bond acceptors (Lipinski definition) is 8. The van der Waals surface area contributed by atoms with Gasteiger partial charge < -0.3 is 24.8 Å². The van der Waals surface area contributed by atoms with Gasteiger partial charge in [-0.1, -0.05) is 42.5 Å². The molecule has 3 N–H and O–H groups in total. The third kappa shape index (κ3) is 10.2. The van der Waals surface area contributed by atoms with Gasteiger partial charge in [0.1, 0.15) is 18.4 Å². The maximum absolute atomic E-state index is 12.4. The van der Waals surface area contributed by atoms with E-state index in [2.05, 4.69) is 20.9 Å². The Morgan fingerprint density at radius 1 is 1.03 bits per heavy atom. The summed E-state index contributed by atoms with van der Waals surface area (Å²) in [6.07, 6.45) is 1.38. The van der Waals surface area contributed by atoms with Crippen LogP contribution in [0.5, 0.6) is 5.75 Å². The van der Waals surface area contributed by atoms with E-state index in [4.69, 9.17) is 14.2 Å². The zero-order valence-electron chi connectivity index (χ0n) is 21.0. The predicted molar refractivity (Wildman–Crippen MR) is 138 cm³/mol. The normalized spacial score (nSPS) is 13.4. The maximum atomic E-state index is 12.4. The molecular formula is C27H34N4O6. The number of aliphatic imine (C=N–C) groups is 1. The number of hydrogen-bond donors (Lipinski definition) is 3. The Labute approximate surface area is 216 Å². The summed E-state index contributed by atoms with van der Waals surface area (Å²) in [5.41, 5.74) is 1.66. The molecule has 1 heterocycles. The van der Waals surface area contributed by atoms with Crippen molar-refractivity contribution < 1.29 is 28.6 Å². The second kappa shape index (κ2) is 15.1. The molecule has 2 aromatic rings. The number of benzene rings is 2. The summed E-state index contributed by atoms with van der Waals surface area (Å²) >= 11 is 0. The third-order valence-electron chi connectivity index (χ3n) is 5.41. The number of ether oxygens (including phenoxy) is 3. The number of nitrogens with zero attached hydrogens (tertiary/aromatic N) is 1. The molecular weight excluding hydrogens is 476 g/mol. The Balaban J connectivity index is 1.43. The molecule has 3 rings (SSSR count). The molecule has 0 bridgehead atoms. The van der Waals surface area contributed by atoms with Crippen molar-refractivity contribution in [3.63, 3.8) is 0 Å². The van der Waals surface area contributed by atoms with Crippen LogP contribution in [0.15, 0.2) is 59.6 Å². The lowest BCUT2D eigenvalue weighted by Crippen LogP contribution is -2.43. The van der Waals surface area contributed by atoms with Gasteiger partial charge in [0.25, 0.3) is 0 Å². The quantitative estimate of drug-likeness (QED) is 0.296. The SMILES string of the molecule is CCOC(=O)[C@H](Cc1ccc(OCCCC(=O)NC2=NCCCN2)cc1)NC(=O)OCc1ccccc1. The van der Waals surface area contributed by atoms with Gasteiger partial charge in [0.05, 0.1) is 13.2 Å². The Morgan fingerprint density at radius 2 is 1.81 bits per heavy atom. The topological polar surface area (TPSA) is 127 Å². The third-order valence-corrected chi connectivity index (χ3v) is 5.41. The van der Waals surface area contributed by atoms with Crippen LogP contribution in [0.25, 0.3) is 0 Å². The van der Waals surface area contributed by atoms with Crippen LogP contribution in [0.4, 0.5) is 4.79 Å². The van der Waals surface area contributed by atoms with Gasteiger partial charge in [0, 0.05) is 25.9 Å². The maximum Gasteiger partial charge on any atom is 0.408 e. The highest BCUT2D eigenvalue weighted by Crippen LogP contribution is 2.15. The van der Waals surface area contributed by atoms with Gasteiger partial charge >= 0.3 is 12.1 Å². The Hall–Kier alpha value is -4.08. The first-order chi connectivity index (χ1) is 18.0. The molecule has 10 nitrogen and oxygen atoms in total.